The zero-order valence-electron chi connectivity index (χ0n) is 27.6. The molecule has 0 spiro atoms. The lowest BCUT2D eigenvalue weighted by Gasteiger charge is -2.13. The molecule has 4 rings (SSSR count). The van der Waals surface area contributed by atoms with Gasteiger partial charge in [0.15, 0.2) is 0 Å². The summed E-state index contributed by atoms with van der Waals surface area (Å²) in [4.78, 5) is 20.2. The molecule has 0 aliphatic rings. The molecule has 1 aromatic carbocycles. The summed E-state index contributed by atoms with van der Waals surface area (Å²) in [5.41, 5.74) is 18.9. The van der Waals surface area contributed by atoms with Gasteiger partial charge in [-0.05, 0) is 43.0 Å². The van der Waals surface area contributed by atoms with Crippen LogP contribution >= 0.6 is 23.5 Å². The van der Waals surface area contributed by atoms with E-state index in [9.17, 15) is 5.26 Å². The van der Waals surface area contributed by atoms with Crippen LogP contribution < -0.4 is 32.0 Å². The van der Waals surface area contributed by atoms with E-state index in [4.69, 9.17) is 32.1 Å². The number of thioether (sulfide) groups is 1. The molecule has 0 bridgehead atoms. The lowest BCUT2D eigenvalue weighted by molar-refractivity contribution is 0.394. The number of hydrogen-bond acceptors (Lipinski definition) is 13. The van der Waals surface area contributed by atoms with Crippen LogP contribution in [0, 0.1) is 16.7 Å². The smallest absolute Gasteiger partial charge is 0.221 e. The van der Waals surface area contributed by atoms with Gasteiger partial charge in [0.05, 0.1) is 36.3 Å². The first kappa shape index (κ1) is 38.2. The van der Waals surface area contributed by atoms with Crippen LogP contribution in [0.5, 0.6) is 11.8 Å². The normalized spacial score (nSPS) is 10.6. The zero-order valence-corrected chi connectivity index (χ0v) is 29.2. The van der Waals surface area contributed by atoms with Crippen LogP contribution in [0.15, 0.2) is 86.6 Å². The van der Waals surface area contributed by atoms with Gasteiger partial charge in [0.2, 0.25) is 17.7 Å². The summed E-state index contributed by atoms with van der Waals surface area (Å²) in [6, 6.07) is 19.5. The van der Waals surface area contributed by atoms with Crippen molar-refractivity contribution in [1.29, 1.82) is 10.7 Å². The van der Waals surface area contributed by atoms with Gasteiger partial charge in [-0.2, -0.15) is 10.2 Å². The fourth-order valence-electron chi connectivity index (χ4n) is 3.60. The number of anilines is 3. The second kappa shape index (κ2) is 19.5. The number of allylic oxidation sites excluding steroid dienone is 1. The van der Waals surface area contributed by atoms with E-state index in [0.717, 1.165) is 31.8 Å². The van der Waals surface area contributed by atoms with Gasteiger partial charge in [0, 0.05) is 40.0 Å². The van der Waals surface area contributed by atoms with Crippen molar-refractivity contribution in [2.24, 2.45) is 5.73 Å². The van der Waals surface area contributed by atoms with E-state index < -0.39 is 0 Å². The fraction of sp³-hybridized carbons (Fsp3) is 0.273. The quantitative estimate of drug-likeness (QED) is 0.0495. The van der Waals surface area contributed by atoms with E-state index >= 15 is 0 Å². The first-order valence-electron chi connectivity index (χ1n) is 14.4. The Morgan fingerprint density at radius 3 is 1.89 bits per heavy atom. The van der Waals surface area contributed by atoms with Crippen molar-refractivity contribution in [3.8, 4) is 17.8 Å². The molecule has 248 valence electrons. The highest BCUT2D eigenvalue weighted by molar-refractivity contribution is 8.03. The number of nitrogen functional groups attached to an aromatic ring is 2. The monoisotopic (exact) mass is 674 g/mol. The Balaban J connectivity index is 0.000000296. The summed E-state index contributed by atoms with van der Waals surface area (Å²) in [6.07, 6.45) is 3.34. The molecule has 3 aromatic heterocycles. The molecule has 0 fully saturated rings. The maximum atomic E-state index is 9.37. The third-order valence-corrected chi connectivity index (χ3v) is 7.82. The number of para-hydroxylation sites is 1. The van der Waals surface area contributed by atoms with E-state index in [2.05, 4.69) is 59.0 Å². The molecule has 14 heteroatoms. The Hall–Kier alpha value is -5.00. The Morgan fingerprint density at radius 1 is 0.872 bits per heavy atom. The maximum absolute atomic E-state index is 9.37. The average molecular weight is 675 g/mol. The van der Waals surface area contributed by atoms with Gasteiger partial charge in [-0.1, -0.05) is 69.4 Å². The standard InChI is InChI=1S/C18H19N3OS.C13H17N5OS.C2H6N2/c1-13(2)18-16(9-10-17(21-18)22-3)23-15(11-19)12-20-14-7-5-4-6-8-14;1-7(2)11-8(4-5-10(17-11)19-3)20-9-6-16-13(15)18-12(9)14;1-2(3)4/h4-10,12-13,20H,1-3H3;4-7H,1-3H3,(H4,14,15,16,18);1H3,(H3,3,4)/b15-12+;;. The van der Waals surface area contributed by atoms with E-state index in [0.29, 0.717) is 22.5 Å². The number of hydrogen-bond donors (Lipinski definition) is 5. The molecule has 47 heavy (non-hydrogen) atoms. The topological polar surface area (TPSA) is 208 Å². The minimum Gasteiger partial charge on any atom is -0.481 e. The molecular formula is C33H42N10O2S2. The van der Waals surface area contributed by atoms with Crippen LogP contribution in [-0.4, -0.2) is 40.0 Å². The minimum atomic E-state index is 0.167. The van der Waals surface area contributed by atoms with Gasteiger partial charge in [-0.15, -0.1) is 0 Å². The summed E-state index contributed by atoms with van der Waals surface area (Å²) in [5.74, 6) is 2.40. The summed E-state index contributed by atoms with van der Waals surface area (Å²) in [5, 5.41) is 18.8. The van der Waals surface area contributed by atoms with Crippen molar-refractivity contribution in [2.75, 3.05) is 31.0 Å². The first-order chi connectivity index (χ1) is 22.4. The lowest BCUT2D eigenvalue weighted by Crippen LogP contribution is -2.02. The highest BCUT2D eigenvalue weighted by Crippen LogP contribution is 2.36. The summed E-state index contributed by atoms with van der Waals surface area (Å²) < 4.78 is 10.3. The lowest BCUT2D eigenvalue weighted by atomic mass is 10.1. The van der Waals surface area contributed by atoms with Gasteiger partial charge in [0.1, 0.15) is 16.8 Å². The molecule has 3 heterocycles. The summed E-state index contributed by atoms with van der Waals surface area (Å²) >= 11 is 2.87. The molecule has 0 saturated carbocycles. The van der Waals surface area contributed by atoms with Crippen molar-refractivity contribution in [1.82, 2.24) is 19.9 Å². The van der Waals surface area contributed by atoms with Crippen molar-refractivity contribution < 1.29 is 9.47 Å². The van der Waals surface area contributed by atoms with Gasteiger partial charge < -0.3 is 32.0 Å². The van der Waals surface area contributed by atoms with Crippen molar-refractivity contribution >= 4 is 46.8 Å². The zero-order chi connectivity index (χ0) is 34.9. The number of methoxy groups -OCH3 is 2. The van der Waals surface area contributed by atoms with Crippen LogP contribution in [0.2, 0.25) is 0 Å². The molecule has 0 saturated heterocycles. The number of nitriles is 1. The number of nitrogens with zero attached hydrogens (tertiary/aromatic N) is 5. The SMILES string of the molecule is CC(=N)N.COc1ccc(S/C(C#N)=C/Nc2ccccc2)c(C(C)C)n1.COc1ccc(Sc2cnc(N)nc2N)c(C(C)C)n1. The molecular weight excluding hydrogens is 633 g/mol. The predicted molar refractivity (Wildman–Crippen MR) is 192 cm³/mol. The van der Waals surface area contributed by atoms with Crippen molar-refractivity contribution in [2.45, 2.75) is 61.1 Å². The van der Waals surface area contributed by atoms with Crippen molar-refractivity contribution in [3.05, 3.63) is 83.3 Å². The largest absolute Gasteiger partial charge is 0.481 e. The second-order valence-electron chi connectivity index (χ2n) is 10.3. The van der Waals surface area contributed by atoms with Crippen LogP contribution in [0.4, 0.5) is 17.5 Å². The molecule has 4 aromatic rings. The number of nitrogens with two attached hydrogens (primary N) is 3. The molecule has 0 aliphatic carbocycles. The van der Waals surface area contributed by atoms with E-state index in [-0.39, 0.29) is 23.6 Å². The molecule has 0 amide bonds. The first-order valence-corrected chi connectivity index (χ1v) is 16.1. The predicted octanol–water partition coefficient (Wildman–Crippen LogP) is 7.04. The van der Waals surface area contributed by atoms with E-state index in [1.165, 1.54) is 30.4 Å². The number of pyridine rings is 2. The fourth-order valence-corrected chi connectivity index (χ4v) is 5.53. The van der Waals surface area contributed by atoms with Crippen LogP contribution in [0.1, 0.15) is 57.8 Å². The van der Waals surface area contributed by atoms with Crippen LogP contribution in [0.3, 0.4) is 0 Å². The molecule has 0 atom stereocenters. The number of amidine groups is 1. The Bertz CT molecular complexity index is 1670. The molecule has 8 N–H and O–H groups in total. The third-order valence-electron chi connectivity index (χ3n) is 5.73. The second-order valence-corrected chi connectivity index (χ2v) is 12.4. The Kier molecular flexibility index (Phi) is 15.8. The average Bonchev–Trinajstić information content (AvgIpc) is 3.04. The number of rotatable bonds is 10. The minimum absolute atomic E-state index is 0.167. The van der Waals surface area contributed by atoms with Gasteiger partial charge >= 0.3 is 0 Å². The number of ether oxygens (including phenoxy) is 2. The molecule has 0 aliphatic heterocycles. The van der Waals surface area contributed by atoms with Gasteiger partial charge in [0.25, 0.3) is 0 Å². The summed E-state index contributed by atoms with van der Waals surface area (Å²) in [6.45, 7) is 9.83. The highest BCUT2D eigenvalue weighted by atomic mass is 32.2. The molecule has 0 unspecified atom stereocenters. The number of nitrogens with one attached hydrogen (secondary N) is 2. The highest BCUT2D eigenvalue weighted by Gasteiger charge is 2.14. The van der Waals surface area contributed by atoms with Gasteiger partial charge in [-0.3, -0.25) is 5.41 Å². The molecule has 0 radical (unpaired) electrons. The van der Waals surface area contributed by atoms with Crippen molar-refractivity contribution in [3.63, 3.8) is 0 Å². The van der Waals surface area contributed by atoms with E-state index in [1.54, 1.807) is 26.6 Å². The van der Waals surface area contributed by atoms with E-state index in [1.807, 2.05) is 54.6 Å². The van der Waals surface area contributed by atoms with Crippen LogP contribution in [-0.2, 0) is 0 Å². The Morgan fingerprint density at radius 2 is 1.40 bits per heavy atom. The number of aromatic nitrogens is 4. The summed E-state index contributed by atoms with van der Waals surface area (Å²) in [7, 11) is 3.20. The third kappa shape index (κ3) is 13.1. The van der Waals surface area contributed by atoms with Crippen LogP contribution in [0.25, 0.3) is 0 Å². The number of benzene rings is 1. The molecule has 12 nitrogen and oxygen atoms in total. The van der Waals surface area contributed by atoms with Gasteiger partial charge in [-0.25, -0.2) is 15.0 Å². The maximum Gasteiger partial charge on any atom is 0.221 e. The Labute approximate surface area is 285 Å².